The Kier molecular flexibility index (Phi) is 5.39. The summed E-state index contributed by atoms with van der Waals surface area (Å²) >= 11 is 0. The van der Waals surface area contributed by atoms with Crippen LogP contribution in [0.2, 0.25) is 0 Å². The number of hydrogen-bond donors (Lipinski definition) is 5. The van der Waals surface area contributed by atoms with Gasteiger partial charge < -0.3 is 39.7 Å². The summed E-state index contributed by atoms with van der Waals surface area (Å²) in [4.78, 5) is 10.9. The van der Waals surface area contributed by atoms with Gasteiger partial charge in [-0.1, -0.05) is 0 Å². The Balaban J connectivity index is 2.22. The third-order valence-electron chi connectivity index (χ3n) is 3.50. The van der Waals surface area contributed by atoms with Crippen molar-refractivity contribution in [2.45, 2.75) is 30.7 Å². The lowest BCUT2D eigenvalue weighted by Gasteiger charge is -2.39. The van der Waals surface area contributed by atoms with E-state index in [1.54, 1.807) is 0 Å². The first-order valence-corrected chi connectivity index (χ1v) is 6.77. The summed E-state index contributed by atoms with van der Waals surface area (Å²) in [6.45, 7) is -0.583. The maximum absolute atomic E-state index is 10.9. The number of benzene rings is 1. The van der Waals surface area contributed by atoms with E-state index < -0.39 is 43.3 Å². The van der Waals surface area contributed by atoms with Crippen LogP contribution in [0.4, 0.5) is 0 Å². The quantitative estimate of drug-likeness (QED) is 0.438. The minimum atomic E-state index is -1.57. The molecule has 0 bridgehead atoms. The second-order valence-electron chi connectivity index (χ2n) is 4.99. The number of hydrogen-bond acceptors (Lipinski definition) is 8. The van der Waals surface area contributed by atoms with Gasteiger partial charge in [-0.25, -0.2) is 4.79 Å². The van der Waals surface area contributed by atoms with Crippen molar-refractivity contribution in [2.75, 3.05) is 13.7 Å². The second-order valence-corrected chi connectivity index (χ2v) is 4.99. The number of aliphatic hydroxyl groups is 4. The molecule has 1 aliphatic rings. The molecule has 0 amide bonds. The zero-order valence-corrected chi connectivity index (χ0v) is 12.2. The van der Waals surface area contributed by atoms with Crippen molar-refractivity contribution < 1.29 is 44.5 Å². The Morgan fingerprint density at radius 3 is 2.43 bits per heavy atom. The zero-order chi connectivity index (χ0) is 17.1. The molecule has 0 saturated carbocycles. The second kappa shape index (κ2) is 7.11. The SMILES string of the molecule is COc1cc(C(=O)O)ccc1O[C@@H]1O[C@@H](CO)[C@H](O)[C@@H](O)[C@@H]1O. The molecule has 2 rings (SSSR count). The Bertz CT molecular complexity index is 559. The number of carbonyl (C=O) groups is 1. The van der Waals surface area contributed by atoms with E-state index in [9.17, 15) is 20.1 Å². The normalized spacial score (nSPS) is 30.7. The van der Waals surface area contributed by atoms with E-state index in [-0.39, 0.29) is 17.1 Å². The predicted molar refractivity (Wildman–Crippen MR) is 74.3 cm³/mol. The van der Waals surface area contributed by atoms with Gasteiger partial charge in [0.2, 0.25) is 6.29 Å². The van der Waals surface area contributed by atoms with Gasteiger partial charge in [-0.3, -0.25) is 0 Å². The van der Waals surface area contributed by atoms with E-state index in [1.165, 1.54) is 25.3 Å². The van der Waals surface area contributed by atoms with Crippen LogP contribution < -0.4 is 9.47 Å². The van der Waals surface area contributed by atoms with Gasteiger partial charge in [-0.15, -0.1) is 0 Å². The Hall–Kier alpha value is -1.91. The van der Waals surface area contributed by atoms with Crippen LogP contribution in [0, 0.1) is 0 Å². The first-order valence-electron chi connectivity index (χ1n) is 6.77. The summed E-state index contributed by atoms with van der Waals surface area (Å²) < 4.78 is 15.6. The van der Waals surface area contributed by atoms with E-state index in [2.05, 4.69) is 0 Å². The first kappa shape index (κ1) is 17.4. The van der Waals surface area contributed by atoms with Crippen molar-refractivity contribution in [1.82, 2.24) is 0 Å². The highest BCUT2D eigenvalue weighted by Gasteiger charge is 2.44. The largest absolute Gasteiger partial charge is 0.493 e. The standard InChI is InChI=1S/C14H18O9/c1-21-8-4-6(13(19)20)2-3-7(8)22-14-12(18)11(17)10(16)9(5-15)23-14/h2-4,9-12,14-18H,5H2,1H3,(H,19,20)/t9-,10-,11+,12-,14+/m0/s1. The van der Waals surface area contributed by atoms with Gasteiger partial charge >= 0.3 is 5.97 Å². The molecule has 128 valence electrons. The molecule has 9 heteroatoms. The lowest BCUT2D eigenvalue weighted by Crippen LogP contribution is -2.60. The Morgan fingerprint density at radius 1 is 1.17 bits per heavy atom. The van der Waals surface area contributed by atoms with Crippen LogP contribution in [0.15, 0.2) is 18.2 Å². The summed E-state index contributed by atoms with van der Waals surface area (Å²) in [6.07, 6.45) is -7.13. The summed E-state index contributed by atoms with van der Waals surface area (Å²) in [5, 5.41) is 47.4. The molecule has 1 heterocycles. The van der Waals surface area contributed by atoms with E-state index in [4.69, 9.17) is 24.4 Å². The lowest BCUT2D eigenvalue weighted by molar-refractivity contribution is -0.277. The Labute approximate surface area is 131 Å². The number of carboxylic acids is 1. The third-order valence-corrected chi connectivity index (χ3v) is 3.50. The molecule has 9 nitrogen and oxygen atoms in total. The highest BCUT2D eigenvalue weighted by Crippen LogP contribution is 2.31. The average Bonchev–Trinajstić information content (AvgIpc) is 2.55. The molecule has 0 aliphatic carbocycles. The van der Waals surface area contributed by atoms with E-state index >= 15 is 0 Å². The predicted octanol–water partition coefficient (Wildman–Crippen LogP) is -1.43. The summed E-state index contributed by atoms with van der Waals surface area (Å²) in [5.74, 6) is -0.994. The number of ether oxygens (including phenoxy) is 3. The van der Waals surface area contributed by atoms with E-state index in [0.29, 0.717) is 0 Å². The smallest absolute Gasteiger partial charge is 0.335 e. The molecular weight excluding hydrogens is 312 g/mol. The number of rotatable bonds is 5. The first-order chi connectivity index (χ1) is 10.9. The number of aliphatic hydroxyl groups excluding tert-OH is 4. The van der Waals surface area contributed by atoms with Crippen molar-refractivity contribution in [2.24, 2.45) is 0 Å². The molecule has 5 N–H and O–H groups in total. The minimum Gasteiger partial charge on any atom is -0.493 e. The van der Waals surface area contributed by atoms with Crippen LogP contribution in [0.25, 0.3) is 0 Å². The molecule has 23 heavy (non-hydrogen) atoms. The molecule has 1 aromatic carbocycles. The number of carboxylic acid groups (broad SMARTS) is 1. The fraction of sp³-hybridized carbons (Fsp3) is 0.500. The third kappa shape index (κ3) is 3.54. The van der Waals surface area contributed by atoms with Gasteiger partial charge in [-0.05, 0) is 18.2 Å². The van der Waals surface area contributed by atoms with Crippen LogP contribution in [-0.4, -0.2) is 75.9 Å². The van der Waals surface area contributed by atoms with Gasteiger partial charge in [0.1, 0.15) is 24.4 Å². The van der Waals surface area contributed by atoms with Crippen LogP contribution >= 0.6 is 0 Å². The molecule has 5 atom stereocenters. The molecule has 1 aromatic rings. The Morgan fingerprint density at radius 2 is 1.87 bits per heavy atom. The van der Waals surface area contributed by atoms with Crippen molar-refractivity contribution >= 4 is 5.97 Å². The molecular formula is C14H18O9. The van der Waals surface area contributed by atoms with E-state index in [0.717, 1.165) is 0 Å². The van der Waals surface area contributed by atoms with Crippen molar-refractivity contribution in [3.8, 4) is 11.5 Å². The maximum atomic E-state index is 10.9. The molecule has 0 unspecified atom stereocenters. The fourth-order valence-corrected chi connectivity index (χ4v) is 2.19. The van der Waals surface area contributed by atoms with Gasteiger partial charge in [0, 0.05) is 0 Å². The highest BCUT2D eigenvalue weighted by molar-refractivity contribution is 5.88. The summed E-state index contributed by atoms with van der Waals surface area (Å²) in [5.41, 5.74) is -0.0250. The fourth-order valence-electron chi connectivity index (χ4n) is 2.19. The lowest BCUT2D eigenvalue weighted by atomic mass is 9.99. The van der Waals surface area contributed by atoms with Gasteiger partial charge in [0.05, 0.1) is 19.3 Å². The summed E-state index contributed by atoms with van der Waals surface area (Å²) in [7, 11) is 1.31. The molecule has 1 saturated heterocycles. The van der Waals surface area contributed by atoms with Crippen molar-refractivity contribution in [3.63, 3.8) is 0 Å². The molecule has 0 spiro atoms. The van der Waals surface area contributed by atoms with Gasteiger partial charge in [0.25, 0.3) is 0 Å². The maximum Gasteiger partial charge on any atom is 0.335 e. The highest BCUT2D eigenvalue weighted by atomic mass is 16.7. The average molecular weight is 330 g/mol. The zero-order valence-electron chi connectivity index (χ0n) is 12.2. The van der Waals surface area contributed by atoms with Crippen molar-refractivity contribution in [3.05, 3.63) is 23.8 Å². The number of methoxy groups -OCH3 is 1. The van der Waals surface area contributed by atoms with Gasteiger partial charge in [0.15, 0.2) is 11.5 Å². The van der Waals surface area contributed by atoms with Crippen LogP contribution in [0.3, 0.4) is 0 Å². The minimum absolute atomic E-state index is 0.0250. The molecule has 1 fully saturated rings. The van der Waals surface area contributed by atoms with Crippen LogP contribution in [-0.2, 0) is 4.74 Å². The molecule has 0 radical (unpaired) electrons. The van der Waals surface area contributed by atoms with Crippen LogP contribution in [0.5, 0.6) is 11.5 Å². The topological polar surface area (TPSA) is 146 Å². The monoisotopic (exact) mass is 330 g/mol. The molecule has 0 aromatic heterocycles. The van der Waals surface area contributed by atoms with Crippen molar-refractivity contribution in [1.29, 1.82) is 0 Å². The van der Waals surface area contributed by atoms with E-state index in [1.807, 2.05) is 0 Å². The van der Waals surface area contributed by atoms with Gasteiger partial charge in [-0.2, -0.15) is 0 Å². The molecule has 1 aliphatic heterocycles. The van der Waals surface area contributed by atoms with Crippen LogP contribution in [0.1, 0.15) is 10.4 Å². The number of aromatic carboxylic acids is 1. The summed E-state index contributed by atoms with van der Waals surface area (Å²) in [6, 6.07) is 3.80.